The van der Waals surface area contributed by atoms with Gasteiger partial charge in [0.2, 0.25) is 0 Å². The largest absolute Gasteiger partial charge is 0.358 e. The number of H-pyrrole nitrogens is 1. The van der Waals surface area contributed by atoms with Gasteiger partial charge in [0, 0.05) is 47.4 Å². The third kappa shape index (κ3) is 4.78. The van der Waals surface area contributed by atoms with E-state index in [0.29, 0.717) is 52.4 Å². The minimum atomic E-state index is -0.464. The number of carbonyl (C=O) groups excluding carboxylic acids is 2. The Morgan fingerprint density at radius 2 is 1.75 bits per heavy atom. The molecule has 0 bridgehead atoms. The second kappa shape index (κ2) is 10.6. The van der Waals surface area contributed by atoms with E-state index in [2.05, 4.69) is 34.4 Å². The van der Waals surface area contributed by atoms with E-state index in [-0.39, 0.29) is 17.5 Å². The lowest BCUT2D eigenvalue weighted by atomic mass is 9.96. The molecule has 9 heteroatoms. The van der Waals surface area contributed by atoms with E-state index in [1.165, 1.54) is 6.07 Å². The highest BCUT2D eigenvalue weighted by Crippen LogP contribution is 2.39. The first-order valence-corrected chi connectivity index (χ1v) is 11.9. The number of aryl methyl sites for hydroxylation is 1. The maximum Gasteiger partial charge on any atom is 0.277 e. The summed E-state index contributed by atoms with van der Waals surface area (Å²) in [4.78, 5) is 43.0. The molecule has 0 fully saturated rings. The second-order valence-electron chi connectivity index (χ2n) is 8.53. The van der Waals surface area contributed by atoms with Gasteiger partial charge in [-0.25, -0.2) is 0 Å². The summed E-state index contributed by atoms with van der Waals surface area (Å²) >= 11 is 0. The summed E-state index contributed by atoms with van der Waals surface area (Å²) in [6.45, 7) is 8.75. The fourth-order valence-corrected chi connectivity index (χ4v) is 4.55. The van der Waals surface area contributed by atoms with Crippen LogP contribution in [0.15, 0.2) is 48.5 Å². The van der Waals surface area contributed by atoms with Crippen LogP contribution in [0.25, 0.3) is 22.8 Å². The van der Waals surface area contributed by atoms with E-state index in [4.69, 9.17) is 0 Å². The van der Waals surface area contributed by atoms with Gasteiger partial charge in [0.15, 0.2) is 0 Å². The Morgan fingerprint density at radius 3 is 2.44 bits per heavy atom. The van der Waals surface area contributed by atoms with Gasteiger partial charge in [0.1, 0.15) is 0 Å². The smallest absolute Gasteiger partial charge is 0.277 e. The minimum absolute atomic E-state index is 0.121. The molecule has 4 rings (SSSR count). The number of aromatic nitrogens is 1. The van der Waals surface area contributed by atoms with E-state index in [0.717, 1.165) is 18.7 Å². The van der Waals surface area contributed by atoms with Crippen LogP contribution in [0.5, 0.6) is 0 Å². The number of carbonyl (C=O) groups is 2. The number of nitrogens with one attached hydrogen (secondary N) is 3. The number of rotatable bonds is 9. The van der Waals surface area contributed by atoms with Gasteiger partial charge in [-0.1, -0.05) is 44.2 Å². The lowest BCUT2D eigenvalue weighted by Crippen LogP contribution is -2.35. The topological polar surface area (TPSA) is 120 Å². The van der Waals surface area contributed by atoms with E-state index < -0.39 is 4.92 Å². The number of nitrogens with zero attached hydrogens (tertiary/aromatic N) is 2. The molecule has 2 aromatic carbocycles. The Kier molecular flexibility index (Phi) is 7.30. The second-order valence-corrected chi connectivity index (χ2v) is 8.53. The van der Waals surface area contributed by atoms with Gasteiger partial charge in [0.25, 0.3) is 17.5 Å². The number of fused-ring (bicyclic) bond motifs is 1. The molecule has 3 N–H and O–H groups in total. The fraction of sp³-hybridized carbons (Fsp3) is 0.259. The fourth-order valence-electron chi connectivity index (χ4n) is 4.55. The van der Waals surface area contributed by atoms with E-state index in [9.17, 15) is 19.7 Å². The molecular weight excluding hydrogens is 458 g/mol. The number of hydrogen-bond donors (Lipinski definition) is 3. The van der Waals surface area contributed by atoms with Crippen LogP contribution in [-0.4, -0.2) is 52.8 Å². The Morgan fingerprint density at radius 1 is 1.08 bits per heavy atom. The monoisotopic (exact) mass is 487 g/mol. The highest BCUT2D eigenvalue weighted by Gasteiger charge is 2.29. The third-order valence-corrected chi connectivity index (χ3v) is 6.42. The van der Waals surface area contributed by atoms with Crippen molar-refractivity contribution in [3.63, 3.8) is 0 Å². The molecule has 0 saturated heterocycles. The van der Waals surface area contributed by atoms with E-state index >= 15 is 0 Å². The maximum absolute atomic E-state index is 13.4. The summed E-state index contributed by atoms with van der Waals surface area (Å²) in [6, 6.07) is 13.6. The Hall–Kier alpha value is -4.24. The van der Waals surface area contributed by atoms with Gasteiger partial charge in [0.05, 0.1) is 21.6 Å². The van der Waals surface area contributed by atoms with Gasteiger partial charge in [-0.2, -0.15) is 0 Å². The first-order valence-electron chi connectivity index (χ1n) is 11.9. The Bertz CT molecular complexity index is 1350. The zero-order chi connectivity index (χ0) is 25.8. The molecule has 0 unspecified atom stereocenters. The Labute approximate surface area is 209 Å². The number of likely N-dealkylation sites (N-methyl/N-ethyl adjacent to an activating group) is 1. The summed E-state index contributed by atoms with van der Waals surface area (Å²) in [5.74, 6) is -0.604. The quantitative estimate of drug-likeness (QED) is 0.234. The molecule has 0 saturated carbocycles. The van der Waals surface area contributed by atoms with Crippen molar-refractivity contribution in [3.05, 3.63) is 81.2 Å². The van der Waals surface area contributed by atoms with Gasteiger partial charge < -0.3 is 20.5 Å². The van der Waals surface area contributed by atoms with Crippen LogP contribution >= 0.6 is 0 Å². The van der Waals surface area contributed by atoms with Crippen LogP contribution in [0.3, 0.4) is 0 Å². The van der Waals surface area contributed by atoms with Crippen molar-refractivity contribution in [2.75, 3.05) is 31.5 Å². The average Bonchev–Trinajstić information content (AvgIpc) is 3.37. The van der Waals surface area contributed by atoms with Gasteiger partial charge >= 0.3 is 0 Å². The highest BCUT2D eigenvalue weighted by atomic mass is 16.6. The standard InChI is InChI=1S/C27H29N5O4/c1-4-31(5-2)15-14-28-27(34)24-17(3)29-22(25(24)19-11-7-9-13-23(19)32(35)36)16-20-18-10-6-8-12-21(18)30-26(20)33/h6-13,16,29H,4-5,14-15H2,1-3H3,(H,28,34)(H,30,33)/b20-16-. The van der Waals surface area contributed by atoms with Crippen molar-refractivity contribution in [3.8, 4) is 11.1 Å². The first kappa shape index (κ1) is 24.9. The molecule has 0 spiro atoms. The lowest BCUT2D eigenvalue weighted by Gasteiger charge is -2.18. The van der Waals surface area contributed by atoms with Gasteiger partial charge in [-0.15, -0.1) is 0 Å². The molecule has 1 aromatic heterocycles. The minimum Gasteiger partial charge on any atom is -0.358 e. The molecule has 36 heavy (non-hydrogen) atoms. The highest BCUT2D eigenvalue weighted by molar-refractivity contribution is 6.35. The molecule has 1 aliphatic rings. The molecule has 0 aliphatic carbocycles. The third-order valence-electron chi connectivity index (χ3n) is 6.42. The summed E-state index contributed by atoms with van der Waals surface area (Å²) < 4.78 is 0. The Balaban J connectivity index is 1.83. The van der Waals surface area contributed by atoms with E-state index in [1.54, 1.807) is 31.2 Å². The predicted octanol–water partition coefficient (Wildman–Crippen LogP) is 4.46. The van der Waals surface area contributed by atoms with Crippen molar-refractivity contribution in [1.29, 1.82) is 0 Å². The average molecular weight is 488 g/mol. The van der Waals surface area contributed by atoms with Gasteiger partial charge in [-0.05, 0) is 38.2 Å². The van der Waals surface area contributed by atoms with Crippen molar-refractivity contribution < 1.29 is 14.5 Å². The number of nitro groups is 1. The number of aromatic amines is 1. The maximum atomic E-state index is 13.4. The molecule has 3 aromatic rings. The summed E-state index contributed by atoms with van der Waals surface area (Å²) in [6.07, 6.45) is 1.66. The van der Waals surface area contributed by atoms with E-state index in [1.807, 2.05) is 24.3 Å². The summed E-state index contributed by atoms with van der Waals surface area (Å²) in [5.41, 5.74) is 3.75. The lowest BCUT2D eigenvalue weighted by molar-refractivity contribution is -0.384. The molecule has 0 radical (unpaired) electrons. The van der Waals surface area contributed by atoms with Crippen LogP contribution in [0.4, 0.5) is 11.4 Å². The normalized spacial score (nSPS) is 13.7. The number of benzene rings is 2. The first-order chi connectivity index (χ1) is 17.3. The number of para-hydroxylation sites is 2. The molecule has 0 atom stereocenters. The molecule has 9 nitrogen and oxygen atoms in total. The van der Waals surface area contributed by atoms with Crippen molar-refractivity contribution in [2.45, 2.75) is 20.8 Å². The molecule has 2 heterocycles. The summed E-state index contributed by atoms with van der Waals surface area (Å²) in [7, 11) is 0. The molecule has 2 amide bonds. The number of nitro benzene ring substituents is 1. The number of anilines is 1. The summed E-state index contributed by atoms with van der Waals surface area (Å²) in [5, 5.41) is 17.7. The zero-order valence-electron chi connectivity index (χ0n) is 20.6. The van der Waals surface area contributed by atoms with Crippen LogP contribution in [0, 0.1) is 17.0 Å². The molecule has 1 aliphatic heterocycles. The van der Waals surface area contributed by atoms with Crippen molar-refractivity contribution in [2.24, 2.45) is 0 Å². The molecule has 186 valence electrons. The van der Waals surface area contributed by atoms with Crippen LogP contribution in [-0.2, 0) is 4.79 Å². The van der Waals surface area contributed by atoms with Crippen LogP contribution < -0.4 is 10.6 Å². The zero-order valence-corrected chi connectivity index (χ0v) is 20.6. The molecular formula is C27H29N5O4. The predicted molar refractivity (Wildman–Crippen MR) is 141 cm³/mol. The van der Waals surface area contributed by atoms with Crippen molar-refractivity contribution >= 4 is 34.8 Å². The van der Waals surface area contributed by atoms with Crippen LogP contribution in [0.2, 0.25) is 0 Å². The van der Waals surface area contributed by atoms with Crippen molar-refractivity contribution in [1.82, 2.24) is 15.2 Å². The van der Waals surface area contributed by atoms with Gasteiger partial charge in [-0.3, -0.25) is 19.7 Å². The number of hydrogen-bond acceptors (Lipinski definition) is 5. The SMILES string of the molecule is CCN(CC)CCNC(=O)c1c(C)[nH]c(/C=C2\C(=O)Nc3ccccc32)c1-c1ccccc1[N+](=O)[O-]. The number of amides is 2. The van der Waals surface area contributed by atoms with Crippen LogP contribution in [0.1, 0.15) is 41.2 Å².